The quantitative estimate of drug-likeness (QED) is 0.759. The van der Waals surface area contributed by atoms with Gasteiger partial charge in [-0.1, -0.05) is 0 Å². The molecule has 1 N–H and O–H groups in total. The number of hydrogen-bond acceptors (Lipinski definition) is 7. The Kier molecular flexibility index (Phi) is 6.15. The van der Waals surface area contributed by atoms with Crippen LogP contribution in [0.3, 0.4) is 0 Å². The average Bonchev–Trinajstić information content (AvgIpc) is 2.66. The van der Waals surface area contributed by atoms with Crippen LogP contribution in [0.25, 0.3) is 0 Å². The molecule has 1 aromatic carbocycles. The molecule has 1 aliphatic heterocycles. The van der Waals surface area contributed by atoms with Gasteiger partial charge in [0, 0.05) is 19.1 Å². The van der Waals surface area contributed by atoms with E-state index in [1.165, 1.54) is 36.7 Å². The van der Waals surface area contributed by atoms with Crippen LogP contribution in [0.2, 0.25) is 0 Å². The number of methoxy groups -OCH3 is 2. The first-order valence-electron chi connectivity index (χ1n) is 7.82. The Hall–Kier alpha value is -1.97. The van der Waals surface area contributed by atoms with Gasteiger partial charge in [0.25, 0.3) is 0 Å². The third-order valence-corrected chi connectivity index (χ3v) is 6.13. The van der Waals surface area contributed by atoms with Gasteiger partial charge in [-0.15, -0.1) is 0 Å². The summed E-state index contributed by atoms with van der Waals surface area (Å²) in [7, 11) is 0.381. The van der Waals surface area contributed by atoms with Crippen LogP contribution in [-0.4, -0.2) is 65.1 Å². The molecular weight excluding hydrogens is 348 g/mol. The third-order valence-electron chi connectivity index (χ3n) is 4.25. The van der Waals surface area contributed by atoms with Gasteiger partial charge in [-0.2, -0.15) is 4.31 Å². The zero-order valence-corrected chi connectivity index (χ0v) is 15.3. The Bertz CT molecular complexity index is 720. The Labute approximate surface area is 147 Å². The first-order valence-corrected chi connectivity index (χ1v) is 9.26. The van der Waals surface area contributed by atoms with E-state index in [0.717, 1.165) is 0 Å². The molecule has 0 aromatic heterocycles. The maximum absolute atomic E-state index is 12.9. The van der Waals surface area contributed by atoms with E-state index in [4.69, 9.17) is 0 Å². The fourth-order valence-electron chi connectivity index (χ4n) is 2.75. The lowest BCUT2D eigenvalue weighted by atomic mass is 10.1. The number of sulfonamides is 1. The van der Waals surface area contributed by atoms with Gasteiger partial charge in [0.15, 0.2) is 0 Å². The summed E-state index contributed by atoms with van der Waals surface area (Å²) in [5, 5.41) is 3.14. The fraction of sp³-hybridized carbons (Fsp3) is 0.500. The highest BCUT2D eigenvalue weighted by atomic mass is 32.2. The van der Waals surface area contributed by atoms with E-state index < -0.39 is 22.0 Å². The lowest BCUT2D eigenvalue weighted by Crippen LogP contribution is -2.43. The van der Waals surface area contributed by atoms with Crippen LogP contribution >= 0.6 is 0 Å². The second kappa shape index (κ2) is 7.94. The molecule has 0 bridgehead atoms. The minimum atomic E-state index is -3.83. The minimum absolute atomic E-state index is 0.0194. The lowest BCUT2D eigenvalue weighted by molar-refractivity contribution is 0.0598. The molecule has 8 nitrogen and oxygen atoms in total. The van der Waals surface area contributed by atoms with Crippen molar-refractivity contribution in [2.75, 3.05) is 34.4 Å². The van der Waals surface area contributed by atoms with Crippen molar-refractivity contribution in [3.8, 4) is 0 Å². The van der Waals surface area contributed by atoms with Gasteiger partial charge in [-0.05, 0) is 38.1 Å². The molecule has 2 rings (SSSR count). The summed E-state index contributed by atoms with van der Waals surface area (Å²) >= 11 is 0. The molecule has 0 spiro atoms. The van der Waals surface area contributed by atoms with Crippen molar-refractivity contribution >= 4 is 22.0 Å². The number of carbonyl (C=O) groups excluding carboxylic acids is 2. The number of rotatable bonds is 5. The highest BCUT2D eigenvalue weighted by Gasteiger charge is 2.30. The molecule has 1 fully saturated rings. The second-order valence-corrected chi connectivity index (χ2v) is 7.63. The maximum atomic E-state index is 12.9. The van der Waals surface area contributed by atoms with Crippen LogP contribution in [0.5, 0.6) is 0 Å². The van der Waals surface area contributed by atoms with Crippen LogP contribution in [0.1, 0.15) is 33.6 Å². The van der Waals surface area contributed by atoms with Gasteiger partial charge in [0.1, 0.15) is 0 Å². The monoisotopic (exact) mass is 370 g/mol. The number of carbonyl (C=O) groups is 2. The highest BCUT2D eigenvalue weighted by molar-refractivity contribution is 7.89. The van der Waals surface area contributed by atoms with E-state index in [1.807, 2.05) is 7.05 Å². The number of piperidine rings is 1. The molecule has 1 aromatic rings. The smallest absolute Gasteiger partial charge is 0.337 e. The van der Waals surface area contributed by atoms with Crippen LogP contribution < -0.4 is 5.32 Å². The van der Waals surface area contributed by atoms with Gasteiger partial charge in [-0.25, -0.2) is 18.0 Å². The van der Waals surface area contributed by atoms with Gasteiger partial charge < -0.3 is 14.8 Å². The summed E-state index contributed by atoms with van der Waals surface area (Å²) in [6.07, 6.45) is 1.38. The SMILES string of the molecule is CNC1CCN(S(=O)(=O)c2cc(C(=O)OC)cc(C(=O)OC)c2)CC1. The van der Waals surface area contributed by atoms with Crippen molar-refractivity contribution in [2.45, 2.75) is 23.8 Å². The molecular formula is C16H22N2O6S. The van der Waals surface area contributed by atoms with E-state index in [9.17, 15) is 18.0 Å². The van der Waals surface area contributed by atoms with Crippen molar-refractivity contribution in [2.24, 2.45) is 0 Å². The first kappa shape index (κ1) is 19.4. The van der Waals surface area contributed by atoms with Crippen molar-refractivity contribution in [1.29, 1.82) is 0 Å². The van der Waals surface area contributed by atoms with Gasteiger partial charge in [-0.3, -0.25) is 0 Å². The Balaban J connectivity index is 2.42. The average molecular weight is 370 g/mol. The molecule has 0 unspecified atom stereocenters. The fourth-order valence-corrected chi connectivity index (χ4v) is 4.29. The van der Waals surface area contributed by atoms with Crippen LogP contribution in [-0.2, 0) is 19.5 Å². The standard InChI is InChI=1S/C16H22N2O6S/c1-17-13-4-6-18(7-5-13)25(21,22)14-9-11(15(19)23-2)8-12(10-14)16(20)24-3/h8-10,13,17H,4-7H2,1-3H3. The molecule has 0 amide bonds. The van der Waals surface area contributed by atoms with E-state index in [0.29, 0.717) is 25.9 Å². The lowest BCUT2D eigenvalue weighted by Gasteiger charge is -2.31. The Morgan fingerprint density at radius 3 is 1.92 bits per heavy atom. The summed E-state index contributed by atoms with van der Waals surface area (Å²) in [6, 6.07) is 3.97. The second-order valence-electron chi connectivity index (χ2n) is 5.70. The van der Waals surface area contributed by atoms with Crippen molar-refractivity contribution in [3.63, 3.8) is 0 Å². The predicted octanol–water partition coefficient (Wildman–Crippen LogP) is 0.632. The molecule has 1 heterocycles. The molecule has 0 atom stereocenters. The molecule has 138 valence electrons. The highest BCUT2D eigenvalue weighted by Crippen LogP contribution is 2.23. The molecule has 0 aliphatic carbocycles. The molecule has 0 radical (unpaired) electrons. The third kappa shape index (κ3) is 4.17. The number of ether oxygens (including phenoxy) is 2. The van der Waals surface area contributed by atoms with Crippen LogP contribution in [0.15, 0.2) is 23.1 Å². The molecule has 1 saturated heterocycles. The number of nitrogens with zero attached hydrogens (tertiary/aromatic N) is 1. The van der Waals surface area contributed by atoms with Crippen molar-refractivity contribution in [3.05, 3.63) is 29.3 Å². The topological polar surface area (TPSA) is 102 Å². The van der Waals surface area contributed by atoms with E-state index >= 15 is 0 Å². The van der Waals surface area contributed by atoms with Crippen LogP contribution in [0, 0.1) is 0 Å². The van der Waals surface area contributed by atoms with Crippen molar-refractivity contribution in [1.82, 2.24) is 9.62 Å². The van der Waals surface area contributed by atoms with Gasteiger partial charge >= 0.3 is 11.9 Å². The van der Waals surface area contributed by atoms with E-state index in [1.54, 1.807) is 0 Å². The first-order chi connectivity index (χ1) is 11.8. The molecule has 0 saturated carbocycles. The normalized spacial score (nSPS) is 16.4. The molecule has 9 heteroatoms. The van der Waals surface area contributed by atoms with Gasteiger partial charge in [0.2, 0.25) is 10.0 Å². The van der Waals surface area contributed by atoms with E-state index in [-0.39, 0.29) is 22.1 Å². The summed E-state index contributed by atoms with van der Waals surface area (Å²) in [5.74, 6) is -1.45. The molecule has 1 aliphatic rings. The zero-order chi connectivity index (χ0) is 18.6. The summed E-state index contributed by atoms with van der Waals surface area (Å²) in [4.78, 5) is 23.5. The Morgan fingerprint density at radius 2 is 1.52 bits per heavy atom. The largest absolute Gasteiger partial charge is 0.465 e. The van der Waals surface area contributed by atoms with Gasteiger partial charge in [0.05, 0.1) is 30.2 Å². The zero-order valence-electron chi connectivity index (χ0n) is 14.4. The number of benzene rings is 1. The number of nitrogens with one attached hydrogen (secondary N) is 1. The molecule has 25 heavy (non-hydrogen) atoms. The number of esters is 2. The minimum Gasteiger partial charge on any atom is -0.465 e. The summed E-state index contributed by atoms with van der Waals surface area (Å²) in [5.41, 5.74) is -0.0387. The Morgan fingerprint density at radius 1 is 1.04 bits per heavy atom. The van der Waals surface area contributed by atoms with Crippen molar-refractivity contribution < 1.29 is 27.5 Å². The van der Waals surface area contributed by atoms with Crippen LogP contribution in [0.4, 0.5) is 0 Å². The summed E-state index contributed by atoms with van der Waals surface area (Å²) in [6.45, 7) is 0.730. The summed E-state index contributed by atoms with van der Waals surface area (Å²) < 4.78 is 36.5. The maximum Gasteiger partial charge on any atom is 0.337 e. The van der Waals surface area contributed by atoms with E-state index in [2.05, 4.69) is 14.8 Å². The predicted molar refractivity (Wildman–Crippen MR) is 90.0 cm³/mol. The number of hydrogen-bond donors (Lipinski definition) is 1.